The third-order valence-electron chi connectivity index (χ3n) is 4.04. The predicted octanol–water partition coefficient (Wildman–Crippen LogP) is 3.01. The lowest BCUT2D eigenvalue weighted by Gasteiger charge is -2.15. The van der Waals surface area contributed by atoms with Crippen LogP contribution in [0.5, 0.6) is 0 Å². The molecule has 7 nitrogen and oxygen atoms in total. The summed E-state index contributed by atoms with van der Waals surface area (Å²) >= 11 is 3.14. The second-order valence-electron chi connectivity index (χ2n) is 6.48. The van der Waals surface area contributed by atoms with Gasteiger partial charge in [0.05, 0.1) is 17.9 Å². The van der Waals surface area contributed by atoms with Gasteiger partial charge in [-0.2, -0.15) is 5.10 Å². The largest absolute Gasteiger partial charge is 0.444 e. The van der Waals surface area contributed by atoms with E-state index < -0.39 is 5.91 Å². The van der Waals surface area contributed by atoms with Gasteiger partial charge in [0, 0.05) is 18.2 Å². The van der Waals surface area contributed by atoms with Crippen LogP contribution in [0.2, 0.25) is 0 Å². The van der Waals surface area contributed by atoms with Crippen molar-refractivity contribution in [3.8, 4) is 5.69 Å². The number of benzene rings is 1. The molecule has 0 aliphatic rings. The molecule has 1 atom stereocenters. The number of hydrogen-bond donors (Lipinski definition) is 2. The van der Waals surface area contributed by atoms with Crippen molar-refractivity contribution in [2.45, 2.75) is 26.3 Å². The Morgan fingerprint density at radius 1 is 1.21 bits per heavy atom. The molecule has 2 heterocycles. The van der Waals surface area contributed by atoms with E-state index >= 15 is 0 Å². The normalized spacial score (nSPS) is 11.8. The van der Waals surface area contributed by atoms with Gasteiger partial charge in [0.25, 0.3) is 5.91 Å². The lowest BCUT2D eigenvalue weighted by molar-refractivity contribution is -0.120. The van der Waals surface area contributed by atoms with E-state index in [2.05, 4.69) is 31.7 Å². The molecule has 2 amide bonds. The Bertz CT molecular complexity index is 965. The zero-order chi connectivity index (χ0) is 20.1. The number of furan rings is 1. The Hall–Kier alpha value is -2.87. The summed E-state index contributed by atoms with van der Waals surface area (Å²) in [5.41, 5.74) is 2.89. The van der Waals surface area contributed by atoms with Crippen LogP contribution in [0.25, 0.3) is 5.69 Å². The molecule has 0 saturated heterocycles. The first-order valence-electron chi connectivity index (χ1n) is 8.86. The smallest absolute Gasteiger partial charge is 0.287 e. The van der Waals surface area contributed by atoms with Gasteiger partial charge in [0.2, 0.25) is 5.91 Å². The summed E-state index contributed by atoms with van der Waals surface area (Å²) in [4.78, 5) is 24.1. The number of aryl methyl sites for hydroxylation is 1. The van der Waals surface area contributed by atoms with Gasteiger partial charge >= 0.3 is 0 Å². The molecule has 0 spiro atoms. The van der Waals surface area contributed by atoms with Crippen LogP contribution in [0.3, 0.4) is 0 Å². The standard InChI is InChI=1S/C20H21BrN4O3/c1-13(23-19(26)12-22-20(27)17-8-9-18(21)28-17)10-16-11-14(2)24-25(16)15-6-4-3-5-7-15/h3-9,11,13H,10,12H2,1-2H3,(H,22,27)(H,23,26). The van der Waals surface area contributed by atoms with Crippen LogP contribution < -0.4 is 10.6 Å². The van der Waals surface area contributed by atoms with Gasteiger partial charge in [0.1, 0.15) is 0 Å². The van der Waals surface area contributed by atoms with Gasteiger partial charge in [-0.3, -0.25) is 9.59 Å². The van der Waals surface area contributed by atoms with E-state index in [4.69, 9.17) is 4.42 Å². The quantitative estimate of drug-likeness (QED) is 0.585. The summed E-state index contributed by atoms with van der Waals surface area (Å²) in [5, 5.41) is 9.97. The van der Waals surface area contributed by atoms with Gasteiger partial charge in [-0.15, -0.1) is 0 Å². The van der Waals surface area contributed by atoms with Crippen LogP contribution in [-0.4, -0.2) is 34.2 Å². The SMILES string of the molecule is Cc1cc(CC(C)NC(=O)CNC(=O)c2ccc(Br)o2)n(-c2ccccc2)n1. The van der Waals surface area contributed by atoms with E-state index in [-0.39, 0.29) is 24.3 Å². The first kappa shape index (κ1) is 19.9. The molecule has 0 aliphatic carbocycles. The molecule has 2 N–H and O–H groups in total. The molecule has 0 bridgehead atoms. The molecule has 3 rings (SSSR count). The minimum absolute atomic E-state index is 0.124. The zero-order valence-corrected chi connectivity index (χ0v) is 17.2. The number of para-hydroxylation sites is 1. The molecule has 3 aromatic rings. The van der Waals surface area contributed by atoms with E-state index in [1.165, 1.54) is 6.07 Å². The average Bonchev–Trinajstić information content (AvgIpc) is 3.26. The van der Waals surface area contributed by atoms with Crippen molar-refractivity contribution in [1.29, 1.82) is 0 Å². The number of nitrogens with one attached hydrogen (secondary N) is 2. The van der Waals surface area contributed by atoms with Gasteiger partial charge in [-0.1, -0.05) is 18.2 Å². The minimum atomic E-state index is -0.439. The highest BCUT2D eigenvalue weighted by Gasteiger charge is 2.15. The molecule has 8 heteroatoms. The second kappa shape index (κ2) is 8.88. The van der Waals surface area contributed by atoms with Crippen LogP contribution in [0.15, 0.2) is 57.6 Å². The summed E-state index contributed by atoms with van der Waals surface area (Å²) in [6, 6.07) is 14.9. The number of hydrogen-bond acceptors (Lipinski definition) is 4. The molecule has 146 valence electrons. The molecule has 0 radical (unpaired) electrons. The lowest BCUT2D eigenvalue weighted by Crippen LogP contribution is -2.41. The molecule has 1 aromatic carbocycles. The maximum Gasteiger partial charge on any atom is 0.287 e. The van der Waals surface area contributed by atoms with E-state index in [1.54, 1.807) is 6.07 Å². The summed E-state index contributed by atoms with van der Waals surface area (Å²) in [6.45, 7) is 3.73. The van der Waals surface area contributed by atoms with Crippen LogP contribution in [0.4, 0.5) is 0 Å². The van der Waals surface area contributed by atoms with Gasteiger partial charge in [-0.25, -0.2) is 4.68 Å². The molecule has 2 aromatic heterocycles. The third-order valence-corrected chi connectivity index (χ3v) is 4.46. The highest BCUT2D eigenvalue weighted by atomic mass is 79.9. The molecule has 0 saturated carbocycles. The molecule has 28 heavy (non-hydrogen) atoms. The van der Waals surface area contributed by atoms with Crippen LogP contribution in [0, 0.1) is 6.92 Å². The fourth-order valence-electron chi connectivity index (χ4n) is 2.87. The molecular weight excluding hydrogens is 424 g/mol. The Kier molecular flexibility index (Phi) is 6.30. The lowest BCUT2D eigenvalue weighted by atomic mass is 10.1. The van der Waals surface area contributed by atoms with E-state index in [1.807, 2.05) is 54.9 Å². The summed E-state index contributed by atoms with van der Waals surface area (Å²) in [6.07, 6.45) is 0.612. The average molecular weight is 445 g/mol. The van der Waals surface area contributed by atoms with Crippen molar-refractivity contribution >= 4 is 27.7 Å². The number of rotatable bonds is 7. The number of aromatic nitrogens is 2. The van der Waals surface area contributed by atoms with Crippen LogP contribution in [-0.2, 0) is 11.2 Å². The highest BCUT2D eigenvalue weighted by molar-refractivity contribution is 9.10. The Balaban J connectivity index is 1.55. The van der Waals surface area contributed by atoms with Gasteiger partial charge in [0.15, 0.2) is 10.4 Å². The molecular formula is C20H21BrN4O3. The Morgan fingerprint density at radius 2 is 1.96 bits per heavy atom. The van der Waals surface area contributed by atoms with E-state index in [0.29, 0.717) is 11.1 Å². The Morgan fingerprint density at radius 3 is 2.64 bits per heavy atom. The zero-order valence-electron chi connectivity index (χ0n) is 15.6. The van der Waals surface area contributed by atoms with Crippen molar-refractivity contribution in [3.63, 3.8) is 0 Å². The van der Waals surface area contributed by atoms with Crippen molar-refractivity contribution in [2.75, 3.05) is 6.54 Å². The fourth-order valence-corrected chi connectivity index (χ4v) is 3.17. The fraction of sp³-hybridized carbons (Fsp3) is 0.250. The summed E-state index contributed by atoms with van der Waals surface area (Å²) < 4.78 is 7.50. The topological polar surface area (TPSA) is 89.2 Å². The van der Waals surface area contributed by atoms with Crippen LogP contribution in [0.1, 0.15) is 28.9 Å². The number of carbonyl (C=O) groups is 2. The van der Waals surface area contributed by atoms with Crippen molar-refractivity contribution in [2.24, 2.45) is 0 Å². The number of nitrogens with zero attached hydrogens (tertiary/aromatic N) is 2. The number of carbonyl (C=O) groups excluding carboxylic acids is 2. The highest BCUT2D eigenvalue weighted by Crippen LogP contribution is 2.15. The van der Waals surface area contributed by atoms with Crippen molar-refractivity contribution in [3.05, 3.63) is 70.3 Å². The number of halogens is 1. The van der Waals surface area contributed by atoms with E-state index in [9.17, 15) is 9.59 Å². The van der Waals surface area contributed by atoms with E-state index in [0.717, 1.165) is 17.1 Å². The Labute approximate surface area is 171 Å². The minimum Gasteiger partial charge on any atom is -0.444 e. The third kappa shape index (κ3) is 5.10. The second-order valence-corrected chi connectivity index (χ2v) is 7.27. The summed E-state index contributed by atoms with van der Waals surface area (Å²) in [7, 11) is 0. The van der Waals surface area contributed by atoms with Gasteiger partial charge < -0.3 is 15.1 Å². The monoisotopic (exact) mass is 444 g/mol. The first-order chi connectivity index (χ1) is 13.4. The summed E-state index contributed by atoms with van der Waals surface area (Å²) in [5.74, 6) is -0.560. The maximum absolute atomic E-state index is 12.2. The maximum atomic E-state index is 12.2. The molecule has 0 fully saturated rings. The first-order valence-corrected chi connectivity index (χ1v) is 9.65. The van der Waals surface area contributed by atoms with Crippen molar-refractivity contribution in [1.82, 2.24) is 20.4 Å². The predicted molar refractivity (Wildman–Crippen MR) is 108 cm³/mol. The number of amides is 2. The molecule has 1 unspecified atom stereocenters. The van der Waals surface area contributed by atoms with Gasteiger partial charge in [-0.05, 0) is 60.1 Å². The van der Waals surface area contributed by atoms with Crippen LogP contribution >= 0.6 is 15.9 Å². The molecule has 0 aliphatic heterocycles. The van der Waals surface area contributed by atoms with Crippen molar-refractivity contribution < 1.29 is 14.0 Å².